The first-order valence-electron chi connectivity index (χ1n) is 5.77. The highest BCUT2D eigenvalue weighted by Gasteiger charge is 2.41. The Labute approximate surface area is 97.1 Å². The van der Waals surface area contributed by atoms with E-state index in [0.29, 0.717) is 6.42 Å². The van der Waals surface area contributed by atoms with E-state index in [-0.39, 0.29) is 17.6 Å². The van der Waals surface area contributed by atoms with Gasteiger partial charge >= 0.3 is 0 Å². The first-order valence-corrected chi connectivity index (χ1v) is 5.77. The molecule has 3 nitrogen and oxygen atoms in total. The quantitative estimate of drug-likeness (QED) is 0.728. The standard InChI is InChI=1S/C13H18N2O/c1-12(2,11(16)5-8-14)9-13(10-15)6-3-4-7-13/h3-7,9H2,1-2H3. The Morgan fingerprint density at radius 3 is 2.31 bits per heavy atom. The minimum Gasteiger partial charge on any atom is -0.298 e. The Bertz CT molecular complexity index is 351. The van der Waals surface area contributed by atoms with Crippen molar-refractivity contribution in [3.8, 4) is 12.1 Å². The number of hydrogen-bond donors (Lipinski definition) is 0. The number of hydrogen-bond acceptors (Lipinski definition) is 3. The van der Waals surface area contributed by atoms with Crippen molar-refractivity contribution in [2.75, 3.05) is 0 Å². The van der Waals surface area contributed by atoms with Crippen LogP contribution in [0.15, 0.2) is 0 Å². The molecule has 0 aromatic carbocycles. The third kappa shape index (κ3) is 2.61. The average molecular weight is 218 g/mol. The van der Waals surface area contributed by atoms with Gasteiger partial charge in [0.15, 0.2) is 5.78 Å². The summed E-state index contributed by atoms with van der Waals surface area (Å²) in [6.07, 6.45) is 4.50. The summed E-state index contributed by atoms with van der Waals surface area (Å²) < 4.78 is 0. The Balaban J connectivity index is 2.75. The highest BCUT2D eigenvalue weighted by molar-refractivity contribution is 5.85. The Kier molecular flexibility index (Phi) is 3.70. The number of nitriles is 2. The van der Waals surface area contributed by atoms with Gasteiger partial charge in [-0.3, -0.25) is 4.79 Å². The molecule has 0 radical (unpaired) electrons. The smallest absolute Gasteiger partial charge is 0.152 e. The van der Waals surface area contributed by atoms with Gasteiger partial charge < -0.3 is 0 Å². The van der Waals surface area contributed by atoms with E-state index >= 15 is 0 Å². The molecule has 0 saturated heterocycles. The van der Waals surface area contributed by atoms with Crippen molar-refractivity contribution in [1.82, 2.24) is 0 Å². The van der Waals surface area contributed by atoms with Crippen LogP contribution < -0.4 is 0 Å². The third-order valence-corrected chi connectivity index (χ3v) is 3.57. The summed E-state index contributed by atoms with van der Waals surface area (Å²) in [6.45, 7) is 3.70. The van der Waals surface area contributed by atoms with Crippen LogP contribution in [-0.2, 0) is 4.79 Å². The predicted molar refractivity (Wildman–Crippen MR) is 60.1 cm³/mol. The highest BCUT2D eigenvalue weighted by atomic mass is 16.1. The van der Waals surface area contributed by atoms with Gasteiger partial charge in [-0.1, -0.05) is 26.7 Å². The molecule has 0 heterocycles. The molecule has 0 spiro atoms. The van der Waals surface area contributed by atoms with E-state index in [2.05, 4.69) is 6.07 Å². The molecule has 0 aromatic rings. The van der Waals surface area contributed by atoms with Gasteiger partial charge in [0.25, 0.3) is 0 Å². The van der Waals surface area contributed by atoms with Crippen LogP contribution in [0, 0.1) is 33.5 Å². The fourth-order valence-corrected chi connectivity index (χ4v) is 2.64. The summed E-state index contributed by atoms with van der Waals surface area (Å²) in [7, 11) is 0. The second-order valence-corrected chi connectivity index (χ2v) is 5.42. The van der Waals surface area contributed by atoms with Crippen LogP contribution in [0.3, 0.4) is 0 Å². The lowest BCUT2D eigenvalue weighted by Gasteiger charge is -2.31. The molecule has 3 heteroatoms. The van der Waals surface area contributed by atoms with Gasteiger partial charge in [0, 0.05) is 5.41 Å². The Morgan fingerprint density at radius 1 is 1.31 bits per heavy atom. The number of ketones is 1. The molecular weight excluding hydrogens is 200 g/mol. The largest absolute Gasteiger partial charge is 0.298 e. The van der Waals surface area contributed by atoms with Crippen molar-refractivity contribution >= 4 is 5.78 Å². The molecule has 0 unspecified atom stereocenters. The molecule has 1 aliphatic rings. The molecule has 16 heavy (non-hydrogen) atoms. The van der Waals surface area contributed by atoms with Gasteiger partial charge in [-0.2, -0.15) is 10.5 Å². The van der Waals surface area contributed by atoms with E-state index in [1.165, 1.54) is 0 Å². The van der Waals surface area contributed by atoms with Crippen LogP contribution in [0.5, 0.6) is 0 Å². The molecule has 1 saturated carbocycles. The second kappa shape index (κ2) is 4.66. The average Bonchev–Trinajstić information content (AvgIpc) is 2.67. The summed E-state index contributed by atoms with van der Waals surface area (Å²) in [4.78, 5) is 11.8. The van der Waals surface area contributed by atoms with Crippen molar-refractivity contribution in [1.29, 1.82) is 10.5 Å². The predicted octanol–water partition coefficient (Wildman–Crippen LogP) is 2.97. The van der Waals surface area contributed by atoms with Crippen LogP contribution >= 0.6 is 0 Å². The first-order chi connectivity index (χ1) is 7.46. The number of Topliss-reactive ketones (excluding diaryl/α,β-unsaturated/α-hetero) is 1. The zero-order valence-corrected chi connectivity index (χ0v) is 10.0. The molecular formula is C13H18N2O. The van der Waals surface area contributed by atoms with Crippen LogP contribution in [0.4, 0.5) is 0 Å². The Morgan fingerprint density at radius 2 is 1.88 bits per heavy atom. The van der Waals surface area contributed by atoms with Gasteiger partial charge in [0.1, 0.15) is 0 Å². The lowest BCUT2D eigenvalue weighted by molar-refractivity contribution is -0.127. The topological polar surface area (TPSA) is 64.7 Å². The zero-order chi connectivity index (χ0) is 12.2. The zero-order valence-electron chi connectivity index (χ0n) is 10.0. The molecule has 0 bridgehead atoms. The summed E-state index contributed by atoms with van der Waals surface area (Å²) in [5, 5.41) is 17.8. The lowest BCUT2D eigenvalue weighted by atomic mass is 9.70. The van der Waals surface area contributed by atoms with Crippen molar-refractivity contribution < 1.29 is 4.79 Å². The molecule has 0 aliphatic heterocycles. The molecule has 0 aromatic heterocycles. The van der Waals surface area contributed by atoms with Gasteiger partial charge in [0.2, 0.25) is 0 Å². The lowest BCUT2D eigenvalue weighted by Crippen LogP contribution is -2.31. The maximum Gasteiger partial charge on any atom is 0.152 e. The van der Waals surface area contributed by atoms with E-state index in [4.69, 9.17) is 5.26 Å². The maximum atomic E-state index is 11.8. The van der Waals surface area contributed by atoms with E-state index in [9.17, 15) is 10.1 Å². The van der Waals surface area contributed by atoms with Crippen LogP contribution in [0.1, 0.15) is 52.4 Å². The van der Waals surface area contributed by atoms with Gasteiger partial charge in [-0.05, 0) is 19.3 Å². The highest BCUT2D eigenvalue weighted by Crippen LogP contribution is 2.46. The van der Waals surface area contributed by atoms with Crippen molar-refractivity contribution in [3.63, 3.8) is 0 Å². The fraction of sp³-hybridized carbons (Fsp3) is 0.769. The Hall–Kier alpha value is -1.35. The first kappa shape index (κ1) is 12.7. The summed E-state index contributed by atoms with van der Waals surface area (Å²) >= 11 is 0. The second-order valence-electron chi connectivity index (χ2n) is 5.42. The maximum absolute atomic E-state index is 11.8. The third-order valence-electron chi connectivity index (χ3n) is 3.57. The number of carbonyl (C=O) groups excluding carboxylic acids is 1. The normalized spacial score (nSPS) is 18.8. The van der Waals surface area contributed by atoms with Crippen LogP contribution in [0.2, 0.25) is 0 Å². The van der Waals surface area contributed by atoms with Crippen molar-refractivity contribution in [2.24, 2.45) is 10.8 Å². The van der Waals surface area contributed by atoms with Gasteiger partial charge in [-0.15, -0.1) is 0 Å². The van der Waals surface area contributed by atoms with Crippen molar-refractivity contribution in [2.45, 2.75) is 52.4 Å². The molecule has 86 valence electrons. The van der Waals surface area contributed by atoms with Crippen molar-refractivity contribution in [3.05, 3.63) is 0 Å². The van der Waals surface area contributed by atoms with Gasteiger partial charge in [0.05, 0.1) is 24.0 Å². The van der Waals surface area contributed by atoms with Crippen LogP contribution in [0.25, 0.3) is 0 Å². The van der Waals surface area contributed by atoms with E-state index < -0.39 is 5.41 Å². The molecule has 0 atom stereocenters. The minimum atomic E-state index is -0.546. The molecule has 0 amide bonds. The number of rotatable bonds is 4. The number of nitrogens with zero attached hydrogens (tertiary/aromatic N) is 2. The minimum absolute atomic E-state index is 0.0449. The molecule has 1 aliphatic carbocycles. The van der Waals surface area contributed by atoms with Gasteiger partial charge in [-0.25, -0.2) is 0 Å². The van der Waals surface area contributed by atoms with E-state index in [0.717, 1.165) is 25.7 Å². The fourth-order valence-electron chi connectivity index (χ4n) is 2.64. The van der Waals surface area contributed by atoms with Crippen LogP contribution in [-0.4, -0.2) is 5.78 Å². The SMILES string of the molecule is CC(C)(CC1(C#N)CCCC1)C(=O)CC#N. The number of carbonyl (C=O) groups is 1. The monoisotopic (exact) mass is 218 g/mol. The molecule has 0 N–H and O–H groups in total. The van der Waals surface area contributed by atoms with E-state index in [1.807, 2.05) is 19.9 Å². The molecule has 1 rings (SSSR count). The summed E-state index contributed by atoms with van der Waals surface area (Å²) in [5.74, 6) is -0.0449. The van der Waals surface area contributed by atoms with E-state index in [1.54, 1.807) is 0 Å². The summed E-state index contributed by atoms with van der Waals surface area (Å²) in [5.41, 5.74) is -0.871. The molecule has 1 fully saturated rings. The summed E-state index contributed by atoms with van der Waals surface area (Å²) in [6, 6.07) is 4.29.